The molecule has 1 N–H and O–H groups in total. The van der Waals surface area contributed by atoms with E-state index in [1.54, 1.807) is 11.3 Å². The van der Waals surface area contributed by atoms with Gasteiger partial charge in [-0.25, -0.2) is 4.98 Å². The number of piperidine rings is 1. The number of rotatable bonds is 5. The second-order valence-corrected chi connectivity index (χ2v) is 6.69. The number of hydrogen-bond acceptors (Lipinski definition) is 5. The van der Waals surface area contributed by atoms with E-state index in [9.17, 15) is 0 Å². The predicted octanol–water partition coefficient (Wildman–Crippen LogP) is 3.24. The van der Waals surface area contributed by atoms with Crippen LogP contribution in [0.4, 0.5) is 5.13 Å². The van der Waals surface area contributed by atoms with E-state index in [2.05, 4.69) is 28.9 Å². The Morgan fingerprint density at radius 2 is 2.18 bits per heavy atom. The van der Waals surface area contributed by atoms with Gasteiger partial charge in [-0.1, -0.05) is 17.7 Å². The van der Waals surface area contributed by atoms with Gasteiger partial charge in [-0.05, 0) is 31.9 Å². The molecule has 4 nitrogen and oxygen atoms in total. The third kappa shape index (κ3) is 3.78. The molecule has 118 valence electrons. The van der Waals surface area contributed by atoms with Crippen LogP contribution in [-0.2, 0) is 6.61 Å². The molecule has 0 bridgehead atoms. The summed E-state index contributed by atoms with van der Waals surface area (Å²) < 4.78 is 5.93. The lowest BCUT2D eigenvalue weighted by atomic mass is 9.99. The average molecular weight is 318 g/mol. The van der Waals surface area contributed by atoms with E-state index >= 15 is 0 Å². The number of thiazole rings is 1. The minimum atomic E-state index is 0.0182. The normalized spacial score (nSPS) is 18.5. The molecule has 0 radical (unpaired) electrons. The summed E-state index contributed by atoms with van der Waals surface area (Å²) >= 11 is 1.61. The predicted molar refractivity (Wildman–Crippen MR) is 89.6 cm³/mol. The van der Waals surface area contributed by atoms with Crippen LogP contribution in [0.2, 0.25) is 0 Å². The number of aliphatic hydroxyl groups is 1. The van der Waals surface area contributed by atoms with E-state index in [4.69, 9.17) is 9.84 Å². The molecule has 5 heteroatoms. The Hall–Kier alpha value is -1.59. The van der Waals surface area contributed by atoms with Crippen molar-refractivity contribution in [3.63, 3.8) is 0 Å². The molecular weight excluding hydrogens is 296 g/mol. The highest BCUT2D eigenvalue weighted by Crippen LogP contribution is 2.27. The third-order valence-electron chi connectivity index (χ3n) is 4.00. The van der Waals surface area contributed by atoms with Crippen LogP contribution in [0.5, 0.6) is 5.75 Å². The number of nitrogens with zero attached hydrogens (tertiary/aromatic N) is 2. The van der Waals surface area contributed by atoms with Crippen LogP contribution in [-0.4, -0.2) is 29.8 Å². The first kappa shape index (κ1) is 15.3. The molecule has 0 saturated carbocycles. The zero-order valence-corrected chi connectivity index (χ0v) is 13.7. The molecule has 22 heavy (non-hydrogen) atoms. The van der Waals surface area contributed by atoms with Crippen molar-refractivity contribution in [1.29, 1.82) is 0 Å². The molecule has 0 spiro atoms. The van der Waals surface area contributed by atoms with Crippen LogP contribution in [0.25, 0.3) is 0 Å². The molecule has 1 aromatic carbocycles. The molecule has 1 fully saturated rings. The van der Waals surface area contributed by atoms with E-state index in [0.29, 0.717) is 5.92 Å². The van der Waals surface area contributed by atoms with Crippen LogP contribution in [0.1, 0.15) is 24.1 Å². The average Bonchev–Trinajstić information content (AvgIpc) is 3.04. The van der Waals surface area contributed by atoms with Crippen LogP contribution in [0, 0.1) is 12.8 Å². The molecule has 0 amide bonds. The van der Waals surface area contributed by atoms with Crippen LogP contribution < -0.4 is 9.64 Å². The monoisotopic (exact) mass is 318 g/mol. The summed E-state index contributed by atoms with van der Waals surface area (Å²) in [5.74, 6) is 1.47. The van der Waals surface area contributed by atoms with E-state index in [-0.39, 0.29) is 6.61 Å². The first-order valence-electron chi connectivity index (χ1n) is 7.74. The summed E-state index contributed by atoms with van der Waals surface area (Å²) in [5, 5.41) is 12.1. The van der Waals surface area contributed by atoms with Gasteiger partial charge in [0.2, 0.25) is 0 Å². The third-order valence-corrected chi connectivity index (χ3v) is 4.95. The standard InChI is InChI=1S/C17H22N2O2S/c1-13-4-6-16(7-5-13)21-11-14-3-2-8-19(9-14)17-18-15(10-20)12-22-17/h4-7,12,14,20H,2-3,8-11H2,1H3/t14-/m0/s1. The lowest BCUT2D eigenvalue weighted by molar-refractivity contribution is 0.228. The van der Waals surface area contributed by atoms with E-state index in [0.717, 1.165) is 42.7 Å². The van der Waals surface area contributed by atoms with Crippen LogP contribution in [0.15, 0.2) is 29.6 Å². The zero-order valence-electron chi connectivity index (χ0n) is 12.9. The topological polar surface area (TPSA) is 45.6 Å². The van der Waals surface area contributed by atoms with E-state index in [1.165, 1.54) is 12.0 Å². The van der Waals surface area contributed by atoms with Gasteiger partial charge in [-0.15, -0.1) is 11.3 Å². The molecule has 3 rings (SSSR count). The Kier molecular flexibility index (Phi) is 4.95. The number of ether oxygens (including phenoxy) is 1. The highest BCUT2D eigenvalue weighted by Gasteiger charge is 2.22. The first-order chi connectivity index (χ1) is 10.7. The minimum absolute atomic E-state index is 0.0182. The summed E-state index contributed by atoms with van der Waals surface area (Å²) in [7, 11) is 0. The van der Waals surface area contributed by atoms with Gasteiger partial charge >= 0.3 is 0 Å². The summed E-state index contributed by atoms with van der Waals surface area (Å²) in [4.78, 5) is 6.78. The highest BCUT2D eigenvalue weighted by molar-refractivity contribution is 7.13. The summed E-state index contributed by atoms with van der Waals surface area (Å²) in [5.41, 5.74) is 2.01. The summed E-state index contributed by atoms with van der Waals surface area (Å²) in [6.07, 6.45) is 2.36. The fourth-order valence-electron chi connectivity index (χ4n) is 2.74. The molecule has 0 unspecified atom stereocenters. The van der Waals surface area contributed by atoms with Crippen molar-refractivity contribution in [2.75, 3.05) is 24.6 Å². The van der Waals surface area contributed by atoms with Crippen LogP contribution >= 0.6 is 11.3 Å². The minimum Gasteiger partial charge on any atom is -0.493 e. The molecule has 1 atom stereocenters. The number of hydrogen-bond donors (Lipinski definition) is 1. The van der Waals surface area contributed by atoms with Crippen molar-refractivity contribution in [3.8, 4) is 5.75 Å². The van der Waals surface area contributed by atoms with Gasteiger partial charge in [-0.3, -0.25) is 0 Å². The molecule has 1 saturated heterocycles. The Morgan fingerprint density at radius 3 is 2.91 bits per heavy atom. The van der Waals surface area contributed by atoms with Gasteiger partial charge in [0.05, 0.1) is 18.9 Å². The maximum absolute atomic E-state index is 9.14. The van der Waals surface area contributed by atoms with E-state index in [1.807, 2.05) is 17.5 Å². The lowest BCUT2D eigenvalue weighted by Crippen LogP contribution is -2.37. The van der Waals surface area contributed by atoms with Crippen molar-refractivity contribution in [1.82, 2.24) is 4.98 Å². The number of anilines is 1. The fourth-order valence-corrected chi connectivity index (χ4v) is 3.59. The number of benzene rings is 1. The Morgan fingerprint density at radius 1 is 1.36 bits per heavy atom. The largest absolute Gasteiger partial charge is 0.493 e. The zero-order chi connectivity index (χ0) is 15.4. The second kappa shape index (κ2) is 7.11. The van der Waals surface area contributed by atoms with Gasteiger partial charge in [0.25, 0.3) is 0 Å². The van der Waals surface area contributed by atoms with Crippen molar-refractivity contribution < 1.29 is 9.84 Å². The molecule has 1 aliphatic heterocycles. The van der Waals surface area contributed by atoms with Crippen molar-refractivity contribution in [3.05, 3.63) is 40.9 Å². The van der Waals surface area contributed by atoms with Gasteiger partial charge in [0, 0.05) is 24.4 Å². The molecular formula is C17H22N2O2S. The summed E-state index contributed by atoms with van der Waals surface area (Å²) in [6, 6.07) is 8.22. The van der Waals surface area contributed by atoms with Crippen LogP contribution in [0.3, 0.4) is 0 Å². The summed E-state index contributed by atoms with van der Waals surface area (Å²) in [6.45, 7) is 4.86. The lowest BCUT2D eigenvalue weighted by Gasteiger charge is -2.32. The Balaban J connectivity index is 1.55. The smallest absolute Gasteiger partial charge is 0.185 e. The second-order valence-electron chi connectivity index (χ2n) is 5.86. The van der Waals surface area contributed by atoms with Crippen molar-refractivity contribution in [2.45, 2.75) is 26.4 Å². The highest BCUT2D eigenvalue weighted by atomic mass is 32.1. The molecule has 1 aliphatic rings. The first-order valence-corrected chi connectivity index (χ1v) is 8.62. The molecule has 2 heterocycles. The Labute approximate surface area is 135 Å². The molecule has 0 aliphatic carbocycles. The molecule has 2 aromatic rings. The number of aryl methyl sites for hydroxylation is 1. The number of aromatic nitrogens is 1. The van der Waals surface area contributed by atoms with Gasteiger partial charge in [-0.2, -0.15) is 0 Å². The van der Waals surface area contributed by atoms with Crippen molar-refractivity contribution in [2.24, 2.45) is 5.92 Å². The van der Waals surface area contributed by atoms with Gasteiger partial charge in [0.15, 0.2) is 5.13 Å². The Bertz CT molecular complexity index is 597. The van der Waals surface area contributed by atoms with Gasteiger partial charge in [0.1, 0.15) is 5.75 Å². The quantitative estimate of drug-likeness (QED) is 0.919. The van der Waals surface area contributed by atoms with Crippen molar-refractivity contribution >= 4 is 16.5 Å². The molecule has 1 aromatic heterocycles. The number of aliphatic hydroxyl groups excluding tert-OH is 1. The van der Waals surface area contributed by atoms with Gasteiger partial charge < -0.3 is 14.7 Å². The van der Waals surface area contributed by atoms with E-state index < -0.39 is 0 Å². The fraction of sp³-hybridized carbons (Fsp3) is 0.471. The maximum atomic E-state index is 9.14. The maximum Gasteiger partial charge on any atom is 0.185 e. The SMILES string of the molecule is Cc1ccc(OC[C@H]2CCCN(c3nc(CO)cs3)C2)cc1.